The van der Waals surface area contributed by atoms with Gasteiger partial charge in [0, 0.05) is 3.92 Å². The Morgan fingerprint density at radius 2 is 1.31 bits per heavy atom. The molecule has 5 rings (SSSR count). The topological polar surface area (TPSA) is 0 Å². The summed E-state index contributed by atoms with van der Waals surface area (Å²) in [6.45, 7) is 2.51. The first-order valence-electron chi connectivity index (χ1n) is 7.39. The maximum Gasteiger partial charge on any atom is 0.0115 e. The molecule has 0 heterocycles. The molecule has 0 amide bonds. The van der Waals surface area contributed by atoms with Gasteiger partial charge in [-0.15, -0.1) is 0 Å². The molecule has 0 bridgehead atoms. The third kappa shape index (κ3) is 0.863. The molecule has 16 heavy (non-hydrogen) atoms. The molecule has 0 saturated heterocycles. The van der Waals surface area contributed by atoms with Crippen LogP contribution in [0.25, 0.3) is 0 Å². The van der Waals surface area contributed by atoms with Gasteiger partial charge >= 0.3 is 0 Å². The molecule has 10 atom stereocenters. The summed E-state index contributed by atoms with van der Waals surface area (Å²) in [5, 5.41) is 0. The highest BCUT2D eigenvalue weighted by molar-refractivity contribution is 14.1. The second kappa shape index (κ2) is 2.83. The lowest BCUT2D eigenvalue weighted by Gasteiger charge is -2.67. The van der Waals surface area contributed by atoms with Gasteiger partial charge in [-0.05, 0) is 78.9 Å². The second-order valence-corrected chi connectivity index (χ2v) is 9.33. The summed E-state index contributed by atoms with van der Waals surface area (Å²) in [5.41, 5.74) is 0. The van der Waals surface area contributed by atoms with E-state index in [2.05, 4.69) is 29.5 Å². The zero-order valence-corrected chi connectivity index (χ0v) is 12.1. The summed E-state index contributed by atoms with van der Waals surface area (Å²) in [5.74, 6) is 10.8. The third-order valence-corrected chi connectivity index (χ3v) is 8.45. The van der Waals surface area contributed by atoms with Crippen LogP contribution in [0.15, 0.2) is 0 Å². The first-order valence-corrected chi connectivity index (χ1v) is 8.64. The van der Waals surface area contributed by atoms with Crippen LogP contribution in [0.4, 0.5) is 0 Å². The molecule has 0 radical (unpaired) electrons. The van der Waals surface area contributed by atoms with E-state index >= 15 is 0 Å². The van der Waals surface area contributed by atoms with Gasteiger partial charge in [-0.1, -0.05) is 29.5 Å². The summed E-state index contributed by atoms with van der Waals surface area (Å²) in [6.07, 6.45) is 6.41. The molecule has 0 nitrogen and oxygen atoms in total. The van der Waals surface area contributed by atoms with Gasteiger partial charge in [0.15, 0.2) is 0 Å². The number of hydrogen-bond acceptors (Lipinski definition) is 0. The Balaban J connectivity index is 1.43. The van der Waals surface area contributed by atoms with Crippen LogP contribution < -0.4 is 0 Å². The highest BCUT2D eigenvalue weighted by atomic mass is 127. The Labute approximate surface area is 112 Å². The lowest BCUT2D eigenvalue weighted by atomic mass is 9.38. The van der Waals surface area contributed by atoms with Crippen LogP contribution in [-0.4, -0.2) is 3.92 Å². The molecule has 0 aromatic carbocycles. The first-order chi connectivity index (χ1) is 7.75. The summed E-state index contributed by atoms with van der Waals surface area (Å²) >= 11 is 2.72. The van der Waals surface area contributed by atoms with Crippen molar-refractivity contribution >= 4 is 22.6 Å². The minimum Gasteiger partial charge on any atom is -0.0826 e. The van der Waals surface area contributed by atoms with E-state index in [-0.39, 0.29) is 0 Å². The molecule has 0 aliphatic heterocycles. The van der Waals surface area contributed by atoms with Crippen molar-refractivity contribution in [3.63, 3.8) is 0 Å². The van der Waals surface area contributed by atoms with Crippen LogP contribution >= 0.6 is 22.6 Å². The summed E-state index contributed by atoms with van der Waals surface area (Å²) in [6, 6.07) is 0. The number of rotatable bonds is 0. The van der Waals surface area contributed by atoms with Crippen LogP contribution in [0.1, 0.15) is 32.6 Å². The van der Waals surface area contributed by atoms with Gasteiger partial charge in [0.25, 0.3) is 0 Å². The fourth-order valence-corrected chi connectivity index (χ4v) is 8.15. The molecule has 0 aromatic heterocycles. The van der Waals surface area contributed by atoms with Crippen molar-refractivity contribution in [3.8, 4) is 0 Å². The fourth-order valence-electron chi connectivity index (χ4n) is 6.97. The van der Waals surface area contributed by atoms with E-state index in [1.165, 1.54) is 47.3 Å². The average Bonchev–Trinajstić information content (AvgIpc) is 2.63. The highest BCUT2D eigenvalue weighted by Gasteiger charge is 2.73. The normalized spacial score (nSPS) is 73.9. The zero-order chi connectivity index (χ0) is 10.6. The van der Waals surface area contributed by atoms with Gasteiger partial charge in [0.2, 0.25) is 0 Å². The SMILES string of the molecule is CC1CC2C1C[C@H]1C2C2C3CC(I)C[C@H]3C21. The van der Waals surface area contributed by atoms with Gasteiger partial charge in [0.1, 0.15) is 0 Å². The molecule has 0 N–H and O–H groups in total. The van der Waals surface area contributed by atoms with E-state index in [1.807, 2.05) is 0 Å². The van der Waals surface area contributed by atoms with Crippen molar-refractivity contribution < 1.29 is 0 Å². The molecular formula is C15H21I. The predicted molar refractivity (Wildman–Crippen MR) is 73.4 cm³/mol. The standard InChI is InChI=1S/C15H21I/c1-6-2-9-8(6)5-12-13(9)15-11-4-7(16)3-10(11)14(12)15/h6-15H,2-5H2,1H3/t6?,7?,8?,9?,10-,11?,12+,13?,14?,15?/m1/s1. The van der Waals surface area contributed by atoms with Crippen LogP contribution in [0.5, 0.6) is 0 Å². The van der Waals surface area contributed by atoms with Gasteiger partial charge in [-0.25, -0.2) is 0 Å². The third-order valence-electron chi connectivity index (χ3n) is 7.44. The van der Waals surface area contributed by atoms with E-state index in [1.54, 1.807) is 25.7 Å². The Morgan fingerprint density at radius 3 is 2.00 bits per heavy atom. The van der Waals surface area contributed by atoms with Gasteiger partial charge in [-0.3, -0.25) is 0 Å². The van der Waals surface area contributed by atoms with Gasteiger partial charge < -0.3 is 0 Å². The number of fused-ring (bicyclic) bond motifs is 9. The molecule has 5 saturated carbocycles. The second-order valence-electron chi connectivity index (χ2n) is 7.57. The maximum atomic E-state index is 2.72. The molecule has 8 unspecified atom stereocenters. The van der Waals surface area contributed by atoms with Crippen molar-refractivity contribution in [1.82, 2.24) is 0 Å². The van der Waals surface area contributed by atoms with Gasteiger partial charge in [0.05, 0.1) is 0 Å². The fraction of sp³-hybridized carbons (Fsp3) is 1.00. The Morgan fingerprint density at radius 1 is 0.688 bits per heavy atom. The van der Waals surface area contributed by atoms with Crippen LogP contribution in [0.3, 0.4) is 0 Å². The Kier molecular flexibility index (Phi) is 1.70. The Bertz CT molecular complexity index is 351. The summed E-state index contributed by atoms with van der Waals surface area (Å²) in [4.78, 5) is 0. The van der Waals surface area contributed by atoms with E-state index in [0.29, 0.717) is 0 Å². The van der Waals surface area contributed by atoms with Crippen LogP contribution in [0, 0.1) is 53.3 Å². The van der Waals surface area contributed by atoms with Crippen molar-refractivity contribution in [2.75, 3.05) is 0 Å². The molecule has 5 aliphatic carbocycles. The minimum atomic E-state index is 1.04. The molecule has 1 heteroatoms. The quantitative estimate of drug-likeness (QED) is 0.466. The highest BCUT2D eigenvalue weighted by Crippen LogP contribution is 2.78. The van der Waals surface area contributed by atoms with Crippen molar-refractivity contribution in [1.29, 1.82) is 0 Å². The van der Waals surface area contributed by atoms with E-state index in [0.717, 1.165) is 9.84 Å². The molecule has 0 aromatic rings. The smallest absolute Gasteiger partial charge is 0.0115 e. The molecule has 88 valence electrons. The molecule has 5 aliphatic rings. The van der Waals surface area contributed by atoms with E-state index < -0.39 is 0 Å². The monoisotopic (exact) mass is 328 g/mol. The van der Waals surface area contributed by atoms with Crippen molar-refractivity contribution in [2.45, 2.75) is 36.5 Å². The van der Waals surface area contributed by atoms with E-state index in [4.69, 9.17) is 0 Å². The van der Waals surface area contributed by atoms with E-state index in [9.17, 15) is 0 Å². The number of alkyl halides is 1. The molecular weight excluding hydrogens is 307 g/mol. The Hall–Kier alpha value is 0.730. The lowest BCUT2D eigenvalue weighted by Crippen LogP contribution is -2.62. The zero-order valence-electron chi connectivity index (χ0n) is 9.98. The largest absolute Gasteiger partial charge is 0.0826 e. The van der Waals surface area contributed by atoms with Gasteiger partial charge in [-0.2, -0.15) is 0 Å². The number of halogens is 1. The minimum absolute atomic E-state index is 1.04. The predicted octanol–water partition coefficient (Wildman–Crippen LogP) is 3.98. The molecule has 5 fully saturated rings. The van der Waals surface area contributed by atoms with Crippen LogP contribution in [0.2, 0.25) is 0 Å². The summed E-state index contributed by atoms with van der Waals surface area (Å²) < 4.78 is 1.04. The van der Waals surface area contributed by atoms with Crippen molar-refractivity contribution in [3.05, 3.63) is 0 Å². The summed E-state index contributed by atoms with van der Waals surface area (Å²) in [7, 11) is 0. The lowest BCUT2D eigenvalue weighted by molar-refractivity contribution is -0.195. The maximum absolute atomic E-state index is 2.72. The first kappa shape index (κ1) is 9.63. The molecule has 0 spiro atoms. The average molecular weight is 328 g/mol. The van der Waals surface area contributed by atoms with Crippen molar-refractivity contribution in [2.24, 2.45) is 53.3 Å². The van der Waals surface area contributed by atoms with Crippen LogP contribution in [-0.2, 0) is 0 Å². The number of hydrogen-bond donors (Lipinski definition) is 0.